The Labute approximate surface area is 207 Å². The molecule has 0 aromatic heterocycles. The molecule has 187 valence electrons. The van der Waals surface area contributed by atoms with Gasteiger partial charge in [0.1, 0.15) is 6.04 Å². The van der Waals surface area contributed by atoms with Gasteiger partial charge in [-0.15, -0.1) is 0 Å². The van der Waals surface area contributed by atoms with Gasteiger partial charge in [-0.3, -0.25) is 4.79 Å². The third-order valence-electron chi connectivity index (χ3n) is 5.17. The number of aliphatic carboxylic acids is 1. The van der Waals surface area contributed by atoms with Crippen molar-refractivity contribution in [2.24, 2.45) is 15.8 Å². The highest BCUT2D eigenvalue weighted by atomic mass is 16.6. The molecule has 7 heteroatoms. The van der Waals surface area contributed by atoms with Gasteiger partial charge >= 0.3 is 11.9 Å². The number of hydrogen-bond donors (Lipinski definition) is 2. The van der Waals surface area contributed by atoms with E-state index in [1.165, 1.54) is 0 Å². The van der Waals surface area contributed by atoms with Crippen molar-refractivity contribution in [3.8, 4) is 0 Å². The zero-order valence-electron chi connectivity index (χ0n) is 21.3. The highest BCUT2D eigenvalue weighted by Gasteiger charge is 2.39. The number of benzene rings is 2. The number of esters is 1. The molecular weight excluding hydrogens is 444 g/mol. The minimum absolute atomic E-state index is 0.195. The first-order valence-corrected chi connectivity index (χ1v) is 11.5. The van der Waals surface area contributed by atoms with Crippen molar-refractivity contribution in [3.63, 3.8) is 0 Å². The van der Waals surface area contributed by atoms with E-state index < -0.39 is 17.4 Å². The third kappa shape index (κ3) is 9.00. The average Bonchev–Trinajstić information content (AvgIpc) is 3.13. The molecule has 3 rings (SSSR count). The molecule has 1 heterocycles. The van der Waals surface area contributed by atoms with Crippen LogP contribution in [-0.4, -0.2) is 34.9 Å². The van der Waals surface area contributed by atoms with Gasteiger partial charge < -0.3 is 15.2 Å². The van der Waals surface area contributed by atoms with Crippen molar-refractivity contribution in [2.75, 3.05) is 0 Å². The van der Waals surface area contributed by atoms with E-state index in [1.54, 1.807) is 20.8 Å². The van der Waals surface area contributed by atoms with Crippen molar-refractivity contribution >= 4 is 23.7 Å². The fraction of sp³-hybridized carbons (Fsp3) is 0.393. The smallest absolute Gasteiger partial charge is 0.344 e. The van der Waals surface area contributed by atoms with E-state index in [0.29, 0.717) is 18.4 Å². The second-order valence-electron chi connectivity index (χ2n) is 10.5. The summed E-state index contributed by atoms with van der Waals surface area (Å²) in [7, 11) is 0. The number of aliphatic imine (C=N–C) groups is 1. The number of nitrogens with zero attached hydrogens (tertiary/aromatic N) is 1. The maximum atomic E-state index is 11.8. The standard InChI is InChI=1S/C14H19NO3.C14H16NO2/c1-14(2,3)12(13(17)18)15-11(16)9-10-7-5-4-6-8-10;1-14(2,3)12-13(16)17-11(15-12)9-10-7-5-4-6-8-10/h4-8,12H,9H2,1-3H3,(H,15,16)(H,17,18);4-8H,9H2,1-3H3. The number of carbonyl (C=O) groups excluding carboxylic acids is 2. The molecule has 2 aromatic rings. The number of nitrogens with one attached hydrogen (secondary N) is 1. The summed E-state index contributed by atoms with van der Waals surface area (Å²) in [6.07, 6.45) is 0.757. The topological polar surface area (TPSA) is 105 Å². The average molecular weight is 480 g/mol. The molecule has 1 radical (unpaired) electrons. The second-order valence-corrected chi connectivity index (χ2v) is 10.5. The first-order valence-electron chi connectivity index (χ1n) is 11.5. The van der Waals surface area contributed by atoms with E-state index in [4.69, 9.17) is 9.84 Å². The predicted octanol–water partition coefficient (Wildman–Crippen LogP) is 4.61. The number of ether oxygens (including phenoxy) is 1. The molecule has 1 atom stereocenters. The van der Waals surface area contributed by atoms with Crippen molar-refractivity contribution < 1.29 is 24.2 Å². The first kappa shape index (κ1) is 27.8. The maximum Gasteiger partial charge on any atom is 0.344 e. The molecule has 2 N–H and O–H groups in total. The molecular formula is C28H35N2O5. The summed E-state index contributed by atoms with van der Waals surface area (Å²) in [4.78, 5) is 38.9. The summed E-state index contributed by atoms with van der Waals surface area (Å²) in [6, 6.07) is 18.7. The summed E-state index contributed by atoms with van der Waals surface area (Å²) in [5.74, 6) is -1.11. The van der Waals surface area contributed by atoms with E-state index in [9.17, 15) is 14.4 Å². The molecule has 1 aliphatic rings. The molecule has 0 bridgehead atoms. The second kappa shape index (κ2) is 11.8. The Kier molecular flexibility index (Phi) is 9.34. The Balaban J connectivity index is 0.000000247. The van der Waals surface area contributed by atoms with Crippen molar-refractivity contribution in [1.29, 1.82) is 0 Å². The molecule has 0 saturated heterocycles. The number of cyclic esters (lactones) is 1. The fourth-order valence-corrected chi connectivity index (χ4v) is 3.31. The van der Waals surface area contributed by atoms with Crippen LogP contribution in [0.4, 0.5) is 0 Å². The SMILES string of the molecule is CC(C)(C)C(NC(=O)Cc1ccccc1)C(=O)O.CC(C)(C)[C]1N=C(Cc2ccccc2)OC1=O. The van der Waals surface area contributed by atoms with Gasteiger partial charge in [-0.1, -0.05) is 102 Å². The lowest BCUT2D eigenvalue weighted by Crippen LogP contribution is -2.49. The van der Waals surface area contributed by atoms with Crippen LogP contribution in [0.1, 0.15) is 52.7 Å². The molecule has 0 saturated carbocycles. The summed E-state index contributed by atoms with van der Waals surface area (Å²) in [5, 5.41) is 11.7. The molecule has 0 spiro atoms. The predicted molar refractivity (Wildman–Crippen MR) is 136 cm³/mol. The number of rotatable bonds is 6. The lowest BCUT2D eigenvalue weighted by atomic mass is 9.86. The number of carbonyl (C=O) groups is 3. The van der Waals surface area contributed by atoms with Gasteiger partial charge in [0.25, 0.3) is 0 Å². The van der Waals surface area contributed by atoms with Crippen LogP contribution in [0, 0.1) is 16.9 Å². The molecule has 7 nitrogen and oxygen atoms in total. The lowest BCUT2D eigenvalue weighted by molar-refractivity contribution is -0.144. The van der Waals surface area contributed by atoms with Gasteiger partial charge in [0.2, 0.25) is 11.9 Å². The van der Waals surface area contributed by atoms with Crippen LogP contribution in [0.3, 0.4) is 0 Å². The van der Waals surface area contributed by atoms with Crippen LogP contribution in [0.2, 0.25) is 0 Å². The van der Waals surface area contributed by atoms with Crippen LogP contribution in [0.5, 0.6) is 0 Å². The van der Waals surface area contributed by atoms with Crippen molar-refractivity contribution in [2.45, 2.75) is 60.4 Å². The van der Waals surface area contributed by atoms with Crippen molar-refractivity contribution in [3.05, 3.63) is 77.8 Å². The fourth-order valence-electron chi connectivity index (χ4n) is 3.31. The van der Waals surface area contributed by atoms with Crippen LogP contribution in [0.25, 0.3) is 0 Å². The zero-order valence-corrected chi connectivity index (χ0v) is 21.3. The quantitative estimate of drug-likeness (QED) is 0.589. The van der Waals surface area contributed by atoms with Gasteiger partial charge in [-0.2, -0.15) is 0 Å². The van der Waals surface area contributed by atoms with Gasteiger partial charge in [0.15, 0.2) is 5.90 Å². The molecule has 1 unspecified atom stereocenters. The number of amides is 1. The minimum atomic E-state index is -1.01. The Hall–Kier alpha value is -3.48. The number of hydrogen-bond acceptors (Lipinski definition) is 5. The van der Waals surface area contributed by atoms with E-state index in [2.05, 4.69) is 10.3 Å². The minimum Gasteiger partial charge on any atom is -0.480 e. The molecule has 0 fully saturated rings. The Morgan fingerprint density at radius 3 is 1.86 bits per heavy atom. The van der Waals surface area contributed by atoms with Crippen LogP contribution in [-0.2, 0) is 32.0 Å². The molecule has 0 aliphatic carbocycles. The molecule has 35 heavy (non-hydrogen) atoms. The molecule has 1 aliphatic heterocycles. The maximum absolute atomic E-state index is 11.8. The van der Waals surface area contributed by atoms with Crippen LogP contribution < -0.4 is 5.32 Å². The van der Waals surface area contributed by atoms with E-state index in [0.717, 1.165) is 11.1 Å². The van der Waals surface area contributed by atoms with Crippen molar-refractivity contribution in [1.82, 2.24) is 5.32 Å². The van der Waals surface area contributed by atoms with Gasteiger partial charge in [-0.05, 0) is 16.5 Å². The normalized spacial score (nSPS) is 14.8. The first-order chi connectivity index (χ1) is 16.3. The largest absolute Gasteiger partial charge is 0.480 e. The summed E-state index contributed by atoms with van der Waals surface area (Å²) >= 11 is 0. The summed E-state index contributed by atoms with van der Waals surface area (Å²) in [6.45, 7) is 11.2. The third-order valence-corrected chi connectivity index (χ3v) is 5.17. The van der Waals surface area contributed by atoms with E-state index in [1.807, 2.05) is 81.4 Å². The Morgan fingerprint density at radius 2 is 1.43 bits per heavy atom. The summed E-state index contributed by atoms with van der Waals surface area (Å²) < 4.78 is 5.18. The lowest BCUT2D eigenvalue weighted by Gasteiger charge is -2.27. The zero-order chi connectivity index (χ0) is 26.2. The van der Waals surface area contributed by atoms with Gasteiger partial charge in [-0.25, -0.2) is 14.6 Å². The molecule has 1 amide bonds. The summed E-state index contributed by atoms with van der Waals surface area (Å²) in [5.41, 5.74) is 1.18. The Bertz CT molecular complexity index is 1030. The highest BCUT2D eigenvalue weighted by molar-refractivity contribution is 6.03. The van der Waals surface area contributed by atoms with Gasteiger partial charge in [0.05, 0.1) is 6.42 Å². The molecule has 2 aromatic carbocycles. The van der Waals surface area contributed by atoms with Crippen LogP contribution >= 0.6 is 0 Å². The van der Waals surface area contributed by atoms with Gasteiger partial charge in [0, 0.05) is 11.8 Å². The van der Waals surface area contributed by atoms with Crippen LogP contribution in [0.15, 0.2) is 65.7 Å². The number of carboxylic acid groups (broad SMARTS) is 1. The highest BCUT2D eigenvalue weighted by Crippen LogP contribution is 2.34. The number of carboxylic acids is 1. The Morgan fingerprint density at radius 1 is 0.914 bits per heavy atom. The van der Waals surface area contributed by atoms with E-state index >= 15 is 0 Å². The monoisotopic (exact) mass is 479 g/mol. The van der Waals surface area contributed by atoms with E-state index in [-0.39, 0.29) is 23.7 Å².